The van der Waals surface area contributed by atoms with Crippen LogP contribution in [0.25, 0.3) is 0 Å². The molecule has 0 atom stereocenters. The molecular formula is C22H30N4O2. The number of pyridine rings is 1. The van der Waals surface area contributed by atoms with Gasteiger partial charge in [-0.25, -0.2) is 4.98 Å². The number of carbonyl (C=O) groups excluding carboxylic acids is 1. The van der Waals surface area contributed by atoms with Crippen LogP contribution >= 0.6 is 0 Å². The van der Waals surface area contributed by atoms with Crippen LogP contribution in [0.1, 0.15) is 46.8 Å². The van der Waals surface area contributed by atoms with Crippen molar-refractivity contribution in [2.24, 2.45) is 0 Å². The summed E-state index contributed by atoms with van der Waals surface area (Å²) in [6.07, 6.45) is 3.43. The van der Waals surface area contributed by atoms with Crippen LogP contribution in [0.15, 0.2) is 30.5 Å². The van der Waals surface area contributed by atoms with E-state index < -0.39 is 0 Å². The molecule has 1 aliphatic heterocycles. The van der Waals surface area contributed by atoms with E-state index >= 15 is 0 Å². The van der Waals surface area contributed by atoms with Crippen molar-refractivity contribution < 1.29 is 9.53 Å². The van der Waals surface area contributed by atoms with Crippen LogP contribution in [0.2, 0.25) is 0 Å². The molecule has 0 bridgehead atoms. The Morgan fingerprint density at radius 1 is 1.25 bits per heavy atom. The minimum absolute atomic E-state index is 0.0751. The van der Waals surface area contributed by atoms with E-state index in [1.165, 1.54) is 11.1 Å². The number of rotatable bonds is 6. The summed E-state index contributed by atoms with van der Waals surface area (Å²) < 4.78 is 5.71. The van der Waals surface area contributed by atoms with Crippen molar-refractivity contribution in [1.82, 2.24) is 15.2 Å². The second-order valence-electron chi connectivity index (χ2n) is 7.48. The van der Waals surface area contributed by atoms with E-state index in [1.807, 2.05) is 13.8 Å². The van der Waals surface area contributed by atoms with Crippen LogP contribution in [0.3, 0.4) is 0 Å². The van der Waals surface area contributed by atoms with E-state index in [-0.39, 0.29) is 11.9 Å². The van der Waals surface area contributed by atoms with Crippen LogP contribution in [-0.4, -0.2) is 41.5 Å². The maximum absolute atomic E-state index is 12.5. The normalized spacial score (nSPS) is 15.4. The lowest BCUT2D eigenvalue weighted by Crippen LogP contribution is -2.44. The highest BCUT2D eigenvalue weighted by Crippen LogP contribution is 2.22. The maximum Gasteiger partial charge on any atom is 0.253 e. The van der Waals surface area contributed by atoms with Crippen molar-refractivity contribution in [3.05, 3.63) is 52.7 Å². The molecule has 1 aliphatic rings. The summed E-state index contributed by atoms with van der Waals surface area (Å²) in [5.41, 5.74) is 9.55. The third-order valence-electron chi connectivity index (χ3n) is 5.26. The van der Waals surface area contributed by atoms with Gasteiger partial charge >= 0.3 is 0 Å². The largest absolute Gasteiger partial charge is 0.494 e. The van der Waals surface area contributed by atoms with Gasteiger partial charge in [-0.15, -0.1) is 0 Å². The summed E-state index contributed by atoms with van der Waals surface area (Å²) >= 11 is 0. The van der Waals surface area contributed by atoms with Gasteiger partial charge in [0, 0.05) is 31.9 Å². The summed E-state index contributed by atoms with van der Waals surface area (Å²) in [6.45, 7) is 9.44. The lowest BCUT2D eigenvalue weighted by molar-refractivity contribution is 0.0908. The van der Waals surface area contributed by atoms with Gasteiger partial charge in [-0.05, 0) is 62.4 Å². The molecule has 6 heteroatoms. The fourth-order valence-electron chi connectivity index (χ4n) is 3.53. The minimum Gasteiger partial charge on any atom is -0.494 e. The number of piperidine rings is 1. The molecule has 150 valence electrons. The molecule has 1 saturated heterocycles. The van der Waals surface area contributed by atoms with Crippen molar-refractivity contribution in [3.8, 4) is 5.75 Å². The highest BCUT2D eigenvalue weighted by molar-refractivity contribution is 5.94. The van der Waals surface area contributed by atoms with Crippen LogP contribution in [0.5, 0.6) is 5.75 Å². The molecule has 1 amide bonds. The second-order valence-corrected chi connectivity index (χ2v) is 7.48. The van der Waals surface area contributed by atoms with E-state index in [9.17, 15) is 4.79 Å². The summed E-state index contributed by atoms with van der Waals surface area (Å²) in [5, 5.41) is 3.13. The fraction of sp³-hybridized carbons (Fsp3) is 0.455. The number of nitrogen functional groups attached to an aromatic ring is 1. The van der Waals surface area contributed by atoms with Crippen molar-refractivity contribution in [1.29, 1.82) is 0 Å². The summed E-state index contributed by atoms with van der Waals surface area (Å²) in [4.78, 5) is 19.0. The Balaban J connectivity index is 1.51. The fourth-order valence-corrected chi connectivity index (χ4v) is 3.53. The molecule has 3 N–H and O–H groups in total. The van der Waals surface area contributed by atoms with Crippen LogP contribution in [0, 0.1) is 13.8 Å². The number of aryl methyl sites for hydroxylation is 2. The van der Waals surface area contributed by atoms with E-state index in [4.69, 9.17) is 10.5 Å². The third-order valence-corrected chi connectivity index (χ3v) is 5.26. The molecule has 1 aromatic carbocycles. The van der Waals surface area contributed by atoms with E-state index in [2.05, 4.69) is 40.3 Å². The number of benzene rings is 1. The zero-order valence-electron chi connectivity index (χ0n) is 17.0. The molecular weight excluding hydrogens is 352 g/mol. The number of nitrogens with zero attached hydrogens (tertiary/aromatic N) is 2. The average Bonchev–Trinajstić information content (AvgIpc) is 2.68. The number of likely N-dealkylation sites (tertiary alicyclic amines) is 1. The number of hydrogen-bond donors (Lipinski definition) is 2. The van der Waals surface area contributed by atoms with Crippen molar-refractivity contribution in [2.45, 2.75) is 46.2 Å². The SMILES string of the molecule is CCOc1cc(CN2CCC(NC(=O)c3cnc(N)c(C)c3)CC2)ccc1C. The number of nitrogens with two attached hydrogens (primary N) is 1. The number of aromatic nitrogens is 1. The zero-order chi connectivity index (χ0) is 20.1. The number of anilines is 1. The van der Waals surface area contributed by atoms with Gasteiger partial charge in [-0.3, -0.25) is 9.69 Å². The monoisotopic (exact) mass is 382 g/mol. The Morgan fingerprint density at radius 2 is 2.00 bits per heavy atom. The summed E-state index contributed by atoms with van der Waals surface area (Å²) in [6, 6.07) is 8.42. The van der Waals surface area contributed by atoms with Gasteiger partial charge in [0.25, 0.3) is 5.91 Å². The molecule has 6 nitrogen and oxygen atoms in total. The zero-order valence-corrected chi connectivity index (χ0v) is 17.0. The lowest BCUT2D eigenvalue weighted by Gasteiger charge is -2.32. The maximum atomic E-state index is 12.5. The van der Waals surface area contributed by atoms with Crippen LogP contribution < -0.4 is 15.8 Å². The molecule has 1 aromatic heterocycles. The lowest BCUT2D eigenvalue weighted by atomic mass is 10.0. The first kappa shape index (κ1) is 20.1. The molecule has 3 rings (SSSR count). The Labute approximate surface area is 167 Å². The number of nitrogens with one attached hydrogen (secondary N) is 1. The van der Waals surface area contributed by atoms with Gasteiger partial charge in [-0.2, -0.15) is 0 Å². The molecule has 1 fully saturated rings. The molecule has 0 radical (unpaired) electrons. The summed E-state index contributed by atoms with van der Waals surface area (Å²) in [5.74, 6) is 1.36. The van der Waals surface area contributed by atoms with Gasteiger partial charge in [0.15, 0.2) is 0 Å². The van der Waals surface area contributed by atoms with Crippen LogP contribution in [-0.2, 0) is 6.54 Å². The number of carbonyl (C=O) groups is 1. The highest BCUT2D eigenvalue weighted by Gasteiger charge is 2.21. The van der Waals surface area contributed by atoms with Crippen molar-refractivity contribution >= 4 is 11.7 Å². The molecule has 28 heavy (non-hydrogen) atoms. The van der Waals surface area contributed by atoms with Gasteiger partial charge in [0.2, 0.25) is 0 Å². The molecule has 0 spiro atoms. The average molecular weight is 383 g/mol. The van der Waals surface area contributed by atoms with Gasteiger partial charge in [0.05, 0.1) is 12.2 Å². The second kappa shape index (κ2) is 9.06. The van der Waals surface area contributed by atoms with E-state index in [0.29, 0.717) is 18.0 Å². The Morgan fingerprint density at radius 3 is 2.68 bits per heavy atom. The quantitative estimate of drug-likeness (QED) is 0.803. The Bertz CT molecular complexity index is 829. The topological polar surface area (TPSA) is 80.5 Å². The van der Waals surface area contributed by atoms with E-state index in [0.717, 1.165) is 43.8 Å². The van der Waals surface area contributed by atoms with E-state index in [1.54, 1.807) is 12.3 Å². The van der Waals surface area contributed by atoms with Gasteiger partial charge in [-0.1, -0.05) is 12.1 Å². The highest BCUT2D eigenvalue weighted by atomic mass is 16.5. The molecule has 0 aliphatic carbocycles. The van der Waals surface area contributed by atoms with Crippen molar-refractivity contribution in [3.63, 3.8) is 0 Å². The molecule has 0 saturated carbocycles. The van der Waals surface area contributed by atoms with Gasteiger partial charge in [0.1, 0.15) is 11.6 Å². The minimum atomic E-state index is -0.0751. The Hall–Kier alpha value is -2.60. The predicted octanol–water partition coefficient (Wildman–Crippen LogP) is 3.07. The number of amides is 1. The summed E-state index contributed by atoms with van der Waals surface area (Å²) in [7, 11) is 0. The Kier molecular flexibility index (Phi) is 6.52. The molecule has 0 unspecified atom stereocenters. The molecule has 2 heterocycles. The van der Waals surface area contributed by atoms with Crippen LogP contribution in [0.4, 0.5) is 5.82 Å². The number of ether oxygens (including phenoxy) is 1. The molecule has 2 aromatic rings. The first-order chi connectivity index (χ1) is 13.5. The van der Waals surface area contributed by atoms with Gasteiger partial charge < -0.3 is 15.8 Å². The number of hydrogen-bond acceptors (Lipinski definition) is 5. The first-order valence-electron chi connectivity index (χ1n) is 9.94. The smallest absolute Gasteiger partial charge is 0.253 e. The van der Waals surface area contributed by atoms with Crippen molar-refractivity contribution in [2.75, 3.05) is 25.4 Å². The third kappa shape index (κ3) is 5.01. The first-order valence-corrected chi connectivity index (χ1v) is 9.94. The predicted molar refractivity (Wildman–Crippen MR) is 111 cm³/mol. The standard InChI is InChI=1S/C22H30N4O2/c1-4-28-20-12-17(6-5-15(20)2)14-26-9-7-19(8-10-26)25-22(27)18-11-16(3)21(23)24-13-18/h5-6,11-13,19H,4,7-10,14H2,1-3H3,(H2,23,24)(H,25,27).